The molecule has 0 spiro atoms. The zero-order valence-electron chi connectivity index (χ0n) is 21.6. The molecule has 4 saturated carbocycles. The first-order valence-electron chi connectivity index (χ1n) is 13.5. The number of nitrogens with one attached hydrogen (secondary N) is 1. The van der Waals surface area contributed by atoms with E-state index in [1.807, 2.05) is 12.1 Å². The Morgan fingerprint density at radius 3 is 2.68 bits per heavy atom. The van der Waals surface area contributed by atoms with Crippen molar-refractivity contribution in [3.8, 4) is 0 Å². The van der Waals surface area contributed by atoms with Crippen LogP contribution in [-0.4, -0.2) is 61.1 Å². The minimum absolute atomic E-state index is 0.0141. The Kier molecular flexibility index (Phi) is 7.96. The molecule has 37 heavy (non-hydrogen) atoms. The molecule has 0 radical (unpaired) electrons. The second-order valence-electron chi connectivity index (χ2n) is 11.3. The number of ether oxygens (including phenoxy) is 2. The van der Waals surface area contributed by atoms with Crippen LogP contribution in [0, 0.1) is 23.7 Å². The summed E-state index contributed by atoms with van der Waals surface area (Å²) in [4.78, 5) is 32.3. The van der Waals surface area contributed by atoms with E-state index in [9.17, 15) is 18.4 Å². The Morgan fingerprint density at radius 1 is 1.24 bits per heavy atom. The molecule has 5 fully saturated rings. The number of carbonyl (C=O) groups is 2. The van der Waals surface area contributed by atoms with Gasteiger partial charge in [0.25, 0.3) is 5.91 Å². The van der Waals surface area contributed by atoms with Gasteiger partial charge in [-0.3, -0.25) is 9.59 Å². The van der Waals surface area contributed by atoms with E-state index in [2.05, 4.69) is 17.1 Å². The molecule has 204 valence electrons. The van der Waals surface area contributed by atoms with Gasteiger partial charge >= 0.3 is 12.6 Å². The predicted molar refractivity (Wildman–Crippen MR) is 137 cm³/mol. The summed E-state index contributed by atoms with van der Waals surface area (Å²) in [7, 11) is 1.41. The highest BCUT2D eigenvalue weighted by molar-refractivity contribution is 7.99. The van der Waals surface area contributed by atoms with Gasteiger partial charge in [0.05, 0.1) is 24.7 Å². The lowest BCUT2D eigenvalue weighted by Crippen LogP contribution is -2.62. The second kappa shape index (κ2) is 11.0. The number of pyridine rings is 1. The maximum absolute atomic E-state index is 13.5. The number of halogens is 2. The van der Waals surface area contributed by atoms with Crippen molar-refractivity contribution >= 4 is 29.5 Å². The molecule has 2 unspecified atom stereocenters. The Morgan fingerprint density at radius 2 is 2.00 bits per heavy atom. The average Bonchev–Trinajstić information content (AvgIpc) is 3.31. The maximum atomic E-state index is 13.5. The van der Waals surface area contributed by atoms with Crippen LogP contribution in [0.25, 0.3) is 0 Å². The molecule has 1 aromatic rings. The van der Waals surface area contributed by atoms with Crippen LogP contribution in [0.4, 0.5) is 14.6 Å². The van der Waals surface area contributed by atoms with Crippen molar-refractivity contribution < 1.29 is 27.8 Å². The maximum Gasteiger partial charge on any atom is 0.345 e. The van der Waals surface area contributed by atoms with E-state index in [1.165, 1.54) is 7.11 Å². The van der Waals surface area contributed by atoms with Gasteiger partial charge < -0.3 is 19.7 Å². The molecule has 1 aliphatic heterocycles. The van der Waals surface area contributed by atoms with Crippen LogP contribution in [0.15, 0.2) is 17.2 Å². The summed E-state index contributed by atoms with van der Waals surface area (Å²) >= 11 is 1.58. The van der Waals surface area contributed by atoms with Crippen LogP contribution in [0.5, 0.6) is 0 Å². The lowest BCUT2D eigenvalue weighted by Gasteiger charge is -2.59. The van der Waals surface area contributed by atoms with Crippen molar-refractivity contribution in [1.29, 1.82) is 0 Å². The molecule has 7 nitrogen and oxygen atoms in total. The topological polar surface area (TPSA) is 80.8 Å². The van der Waals surface area contributed by atoms with Crippen LogP contribution >= 0.6 is 11.8 Å². The number of carbonyl (C=O) groups excluding carboxylic acids is 2. The Hall–Kier alpha value is -1.94. The van der Waals surface area contributed by atoms with Gasteiger partial charge in [-0.05, 0) is 86.5 Å². The molecular formula is C27H37F2N3O4S. The standard InChI is InChI=1S/C27H37F2N3O4S/c1-3-8-37-25-20(4-5-21(30-25)32-7-6-16(15-32)11-22(33)35-2)24(34)31-23-18-9-17-10-19(23)14-27(12-17,13-18)36-26(28)29/h4-5,16-19,23,26H,3,6-15H2,1-2H3,(H,31,34)/t16-,17?,18?,19?,23-,27+/m0/s1. The molecule has 1 aromatic heterocycles. The number of anilines is 1. The van der Waals surface area contributed by atoms with E-state index >= 15 is 0 Å². The highest BCUT2D eigenvalue weighted by Gasteiger charge is 2.57. The Bertz CT molecular complexity index is 992. The molecule has 4 bridgehead atoms. The highest BCUT2D eigenvalue weighted by atomic mass is 32.2. The molecule has 1 saturated heterocycles. The number of nitrogens with zero attached hydrogens (tertiary/aromatic N) is 2. The number of aromatic nitrogens is 1. The van der Waals surface area contributed by atoms with Crippen LogP contribution in [0.1, 0.15) is 68.6 Å². The molecule has 1 N–H and O–H groups in total. The van der Waals surface area contributed by atoms with Crippen LogP contribution in [0.2, 0.25) is 0 Å². The van der Waals surface area contributed by atoms with Gasteiger partial charge in [0, 0.05) is 19.1 Å². The summed E-state index contributed by atoms with van der Waals surface area (Å²) in [5.74, 6) is 2.33. The fraction of sp³-hybridized carbons (Fsp3) is 0.741. The van der Waals surface area contributed by atoms with Crippen LogP contribution < -0.4 is 10.2 Å². The Labute approximate surface area is 221 Å². The third-order valence-electron chi connectivity index (χ3n) is 8.68. The van der Waals surface area contributed by atoms with E-state index in [1.54, 1.807) is 11.8 Å². The Balaban J connectivity index is 1.28. The molecule has 3 atom stereocenters. The van der Waals surface area contributed by atoms with Gasteiger partial charge in [-0.2, -0.15) is 8.78 Å². The number of amides is 1. The predicted octanol–water partition coefficient (Wildman–Crippen LogP) is 4.89. The van der Waals surface area contributed by atoms with Gasteiger partial charge in [0.2, 0.25) is 0 Å². The fourth-order valence-corrected chi connectivity index (χ4v) is 8.23. The second-order valence-corrected chi connectivity index (χ2v) is 12.4. The number of hydrogen-bond donors (Lipinski definition) is 1. The summed E-state index contributed by atoms with van der Waals surface area (Å²) in [5, 5.41) is 4.01. The third-order valence-corrected chi connectivity index (χ3v) is 9.88. The first-order valence-corrected chi connectivity index (χ1v) is 14.5. The van der Waals surface area contributed by atoms with Crippen molar-refractivity contribution in [3.05, 3.63) is 17.7 Å². The molecule has 2 heterocycles. The summed E-state index contributed by atoms with van der Waals surface area (Å²) in [6.07, 6.45) is 6.08. The highest BCUT2D eigenvalue weighted by Crippen LogP contribution is 2.57. The van der Waals surface area contributed by atoms with Gasteiger partial charge in [-0.15, -0.1) is 11.8 Å². The minimum atomic E-state index is -2.75. The number of rotatable bonds is 10. The smallest absolute Gasteiger partial charge is 0.345 e. The molecule has 0 aromatic carbocycles. The van der Waals surface area contributed by atoms with E-state index in [0.717, 1.165) is 55.4 Å². The molecule has 5 aliphatic rings. The van der Waals surface area contributed by atoms with Gasteiger partial charge in [-0.25, -0.2) is 4.98 Å². The first kappa shape index (κ1) is 26.7. The van der Waals surface area contributed by atoms with E-state index < -0.39 is 12.2 Å². The molecule has 10 heteroatoms. The monoisotopic (exact) mass is 537 g/mol. The molecule has 4 aliphatic carbocycles. The van der Waals surface area contributed by atoms with Crippen molar-refractivity contribution in [2.24, 2.45) is 23.7 Å². The number of esters is 1. The lowest BCUT2D eigenvalue weighted by molar-refractivity contribution is -0.260. The zero-order chi connectivity index (χ0) is 26.2. The van der Waals surface area contributed by atoms with Crippen molar-refractivity contribution in [3.63, 3.8) is 0 Å². The van der Waals surface area contributed by atoms with Crippen LogP contribution in [0.3, 0.4) is 0 Å². The van der Waals surface area contributed by atoms with Gasteiger partial charge in [0.15, 0.2) is 0 Å². The van der Waals surface area contributed by atoms with Crippen molar-refractivity contribution in [1.82, 2.24) is 10.3 Å². The van der Waals surface area contributed by atoms with Crippen LogP contribution in [-0.2, 0) is 14.3 Å². The normalized spacial score (nSPS) is 32.2. The minimum Gasteiger partial charge on any atom is -0.469 e. The largest absolute Gasteiger partial charge is 0.469 e. The average molecular weight is 538 g/mol. The number of methoxy groups -OCH3 is 1. The van der Waals surface area contributed by atoms with E-state index in [0.29, 0.717) is 37.2 Å². The summed E-state index contributed by atoms with van der Waals surface area (Å²) in [6.45, 7) is 0.895. The number of alkyl halides is 2. The zero-order valence-corrected chi connectivity index (χ0v) is 22.4. The first-order chi connectivity index (χ1) is 17.8. The van der Waals surface area contributed by atoms with Crippen molar-refractivity contribution in [2.75, 3.05) is 30.9 Å². The lowest BCUT2D eigenvalue weighted by atomic mass is 9.52. The molecule has 6 rings (SSSR count). The summed E-state index contributed by atoms with van der Waals surface area (Å²) in [6, 6.07) is 3.74. The number of thioether (sulfide) groups is 1. The van der Waals surface area contributed by atoms with Gasteiger partial charge in [0.1, 0.15) is 10.8 Å². The third kappa shape index (κ3) is 5.75. The quantitative estimate of drug-likeness (QED) is 0.336. The van der Waals surface area contributed by atoms with Crippen molar-refractivity contribution in [2.45, 2.75) is 81.6 Å². The molecule has 1 amide bonds. The fourth-order valence-electron chi connectivity index (χ4n) is 7.36. The number of hydrogen-bond acceptors (Lipinski definition) is 7. The summed E-state index contributed by atoms with van der Waals surface area (Å²) < 4.78 is 36.2. The SMILES string of the molecule is CCCSc1nc(N2CC[C@@H](CC(=O)OC)C2)ccc1C(=O)N[C@H]1C2CC3CC1C[C@@](OC(F)F)(C3)C2. The van der Waals surface area contributed by atoms with Gasteiger partial charge in [-0.1, -0.05) is 6.92 Å². The summed E-state index contributed by atoms with van der Waals surface area (Å²) in [5.41, 5.74) is -0.154. The molecular weight excluding hydrogens is 500 g/mol. The van der Waals surface area contributed by atoms with E-state index in [4.69, 9.17) is 14.5 Å². The van der Waals surface area contributed by atoms with E-state index in [-0.39, 0.29) is 35.7 Å².